The van der Waals surface area contributed by atoms with Crippen LogP contribution in [0.3, 0.4) is 0 Å². The van der Waals surface area contributed by atoms with E-state index in [1.807, 2.05) is 6.92 Å². The summed E-state index contributed by atoms with van der Waals surface area (Å²) in [4.78, 5) is 0. The zero-order valence-electron chi connectivity index (χ0n) is 9.04. The molecule has 0 aromatic heterocycles. The van der Waals surface area contributed by atoms with Crippen molar-refractivity contribution >= 4 is 46.3 Å². The molecule has 1 aromatic rings. The van der Waals surface area contributed by atoms with Gasteiger partial charge in [-0.25, -0.2) is 0 Å². The molecule has 1 atom stereocenters. The fourth-order valence-corrected chi connectivity index (χ4v) is 2.24. The highest BCUT2D eigenvalue weighted by Crippen LogP contribution is 2.34. The van der Waals surface area contributed by atoms with Crippen molar-refractivity contribution in [2.75, 3.05) is 5.32 Å². The molecule has 0 aliphatic carbocycles. The minimum atomic E-state index is -0.351. The Bertz CT molecular complexity index is 414. The zero-order valence-corrected chi connectivity index (χ0v) is 11.3. The molecule has 0 radical (unpaired) electrons. The fourth-order valence-electron chi connectivity index (χ4n) is 1.31. The van der Waals surface area contributed by atoms with E-state index in [1.54, 1.807) is 12.1 Å². The van der Waals surface area contributed by atoms with Gasteiger partial charge in [0.15, 0.2) is 5.84 Å². The van der Waals surface area contributed by atoms with Gasteiger partial charge in [0.05, 0.1) is 21.8 Å². The highest BCUT2D eigenvalue weighted by molar-refractivity contribution is 6.41. The summed E-state index contributed by atoms with van der Waals surface area (Å²) >= 11 is 17.8. The predicted octanol–water partition coefficient (Wildman–Crippen LogP) is 3.58. The molecule has 0 amide bonds. The topological polar surface area (TPSA) is 70.6 Å². The molecule has 0 saturated carbocycles. The maximum atomic E-state index is 8.63. The summed E-state index contributed by atoms with van der Waals surface area (Å²) in [7, 11) is 0. The second-order valence-corrected chi connectivity index (χ2v) is 4.63. The molecule has 0 aliphatic heterocycles. The summed E-state index contributed by atoms with van der Waals surface area (Å²) in [6.45, 7) is 1.88. The number of anilines is 1. The maximum Gasteiger partial charge on any atom is 0.161 e. The first-order valence-electron chi connectivity index (χ1n) is 4.88. The van der Waals surface area contributed by atoms with Gasteiger partial charge >= 0.3 is 0 Å². The molecule has 0 fully saturated rings. The van der Waals surface area contributed by atoms with Gasteiger partial charge in [-0.05, 0) is 18.6 Å². The SMILES string of the molecule is CCC(Nc1c(Cl)cc(Cl)cc1Cl)C(N)=NO. The Hall–Kier alpha value is -0.840. The van der Waals surface area contributed by atoms with Crippen LogP contribution in [0, 0.1) is 0 Å². The highest BCUT2D eigenvalue weighted by Gasteiger charge is 2.15. The lowest BCUT2D eigenvalue weighted by molar-refractivity contribution is 0.316. The van der Waals surface area contributed by atoms with E-state index in [0.717, 1.165) is 0 Å². The lowest BCUT2D eigenvalue weighted by Gasteiger charge is -2.18. The van der Waals surface area contributed by atoms with Crippen LogP contribution in [0.15, 0.2) is 17.3 Å². The zero-order chi connectivity index (χ0) is 13.0. The van der Waals surface area contributed by atoms with E-state index >= 15 is 0 Å². The number of hydrogen-bond donors (Lipinski definition) is 3. The minimum Gasteiger partial charge on any atom is -0.409 e. The molecule has 1 aromatic carbocycles. The minimum absolute atomic E-state index is 0.0644. The number of nitrogens with one attached hydrogen (secondary N) is 1. The third-order valence-corrected chi connectivity index (χ3v) is 3.02. The van der Waals surface area contributed by atoms with Crippen molar-refractivity contribution in [2.45, 2.75) is 19.4 Å². The van der Waals surface area contributed by atoms with Crippen LogP contribution in [0.2, 0.25) is 15.1 Å². The summed E-state index contributed by atoms with van der Waals surface area (Å²) in [6, 6.07) is 2.78. The van der Waals surface area contributed by atoms with Crippen molar-refractivity contribution < 1.29 is 5.21 Å². The Kier molecular flexibility index (Phi) is 5.18. The molecule has 0 aliphatic rings. The fraction of sp³-hybridized carbons (Fsp3) is 0.300. The van der Waals surface area contributed by atoms with E-state index in [2.05, 4.69) is 10.5 Å². The molecule has 0 bridgehead atoms. The van der Waals surface area contributed by atoms with Crippen molar-refractivity contribution in [3.8, 4) is 0 Å². The van der Waals surface area contributed by atoms with Crippen molar-refractivity contribution in [2.24, 2.45) is 10.9 Å². The first-order valence-corrected chi connectivity index (χ1v) is 6.01. The van der Waals surface area contributed by atoms with Crippen LogP contribution in [0.5, 0.6) is 0 Å². The molecule has 4 nitrogen and oxygen atoms in total. The van der Waals surface area contributed by atoms with Crippen molar-refractivity contribution in [3.63, 3.8) is 0 Å². The van der Waals surface area contributed by atoms with Crippen LogP contribution < -0.4 is 11.1 Å². The second kappa shape index (κ2) is 6.19. The highest BCUT2D eigenvalue weighted by atomic mass is 35.5. The Labute approximate surface area is 114 Å². The Morgan fingerprint density at radius 1 is 1.41 bits per heavy atom. The standard InChI is InChI=1S/C10H12Cl3N3O/c1-2-8(10(14)16-17)15-9-6(12)3-5(11)4-7(9)13/h3-4,8,15,17H,2H2,1H3,(H2,14,16). The average Bonchev–Trinajstić information content (AvgIpc) is 2.27. The van der Waals surface area contributed by atoms with Crippen molar-refractivity contribution in [3.05, 3.63) is 27.2 Å². The predicted molar refractivity (Wildman–Crippen MR) is 72.6 cm³/mol. The number of nitrogens with two attached hydrogens (primary N) is 1. The first kappa shape index (κ1) is 14.2. The summed E-state index contributed by atoms with van der Waals surface area (Å²) in [5.74, 6) is 0.0644. The van der Waals surface area contributed by atoms with E-state index in [4.69, 9.17) is 45.7 Å². The molecule has 0 saturated heterocycles. The van der Waals surface area contributed by atoms with E-state index < -0.39 is 0 Å². The number of benzene rings is 1. The summed E-state index contributed by atoms with van der Waals surface area (Å²) < 4.78 is 0. The molecule has 7 heteroatoms. The maximum absolute atomic E-state index is 8.63. The Balaban J connectivity index is 3.02. The van der Waals surface area contributed by atoms with Crippen molar-refractivity contribution in [1.29, 1.82) is 0 Å². The van der Waals surface area contributed by atoms with Gasteiger partial charge in [0.2, 0.25) is 0 Å². The molecule has 1 rings (SSSR count). The number of hydrogen-bond acceptors (Lipinski definition) is 3. The smallest absolute Gasteiger partial charge is 0.161 e. The molecular formula is C10H12Cl3N3O. The monoisotopic (exact) mass is 295 g/mol. The van der Waals surface area contributed by atoms with E-state index in [1.165, 1.54) is 0 Å². The van der Waals surface area contributed by atoms with Crippen LogP contribution in [-0.2, 0) is 0 Å². The van der Waals surface area contributed by atoms with Gasteiger partial charge in [0.25, 0.3) is 0 Å². The molecule has 0 spiro atoms. The third-order valence-electron chi connectivity index (χ3n) is 2.21. The summed E-state index contributed by atoms with van der Waals surface area (Å²) in [6.07, 6.45) is 0.616. The van der Waals surface area contributed by atoms with E-state index in [0.29, 0.717) is 27.2 Å². The van der Waals surface area contributed by atoms with Crippen LogP contribution >= 0.6 is 34.8 Å². The largest absolute Gasteiger partial charge is 0.409 e. The molecule has 0 heterocycles. The van der Waals surface area contributed by atoms with Crippen LogP contribution in [0.25, 0.3) is 0 Å². The van der Waals surface area contributed by atoms with Gasteiger partial charge in [0.1, 0.15) is 0 Å². The molecule has 17 heavy (non-hydrogen) atoms. The van der Waals surface area contributed by atoms with Gasteiger partial charge in [-0.3, -0.25) is 0 Å². The van der Waals surface area contributed by atoms with E-state index in [-0.39, 0.29) is 11.9 Å². The van der Waals surface area contributed by atoms with Gasteiger partial charge in [-0.2, -0.15) is 0 Å². The normalized spacial score (nSPS) is 13.5. The summed E-state index contributed by atoms with van der Waals surface area (Å²) in [5.41, 5.74) is 6.04. The van der Waals surface area contributed by atoms with Crippen LogP contribution in [0.4, 0.5) is 5.69 Å². The average molecular weight is 297 g/mol. The van der Waals surface area contributed by atoms with Gasteiger partial charge in [-0.15, -0.1) is 0 Å². The number of amidine groups is 1. The Morgan fingerprint density at radius 2 is 1.94 bits per heavy atom. The molecule has 1 unspecified atom stereocenters. The number of nitrogens with zero attached hydrogens (tertiary/aromatic N) is 1. The summed E-state index contributed by atoms with van der Waals surface area (Å²) in [5, 5.41) is 15.8. The lowest BCUT2D eigenvalue weighted by Crippen LogP contribution is -2.35. The third kappa shape index (κ3) is 3.56. The lowest BCUT2D eigenvalue weighted by atomic mass is 10.2. The van der Waals surface area contributed by atoms with Crippen LogP contribution in [-0.4, -0.2) is 17.1 Å². The van der Waals surface area contributed by atoms with Gasteiger partial charge in [0, 0.05) is 5.02 Å². The molecule has 4 N–H and O–H groups in total. The number of halogens is 3. The van der Waals surface area contributed by atoms with Crippen molar-refractivity contribution in [1.82, 2.24) is 0 Å². The second-order valence-electron chi connectivity index (χ2n) is 3.37. The van der Waals surface area contributed by atoms with Gasteiger partial charge in [-0.1, -0.05) is 46.9 Å². The number of rotatable bonds is 4. The van der Waals surface area contributed by atoms with Gasteiger partial charge < -0.3 is 16.3 Å². The quantitative estimate of drug-likeness (QED) is 0.344. The number of oxime groups is 1. The molecular weight excluding hydrogens is 284 g/mol. The Morgan fingerprint density at radius 3 is 2.35 bits per heavy atom. The first-order chi connectivity index (χ1) is 7.99. The van der Waals surface area contributed by atoms with E-state index in [9.17, 15) is 0 Å². The van der Waals surface area contributed by atoms with Crippen LogP contribution in [0.1, 0.15) is 13.3 Å². The molecule has 94 valence electrons.